The van der Waals surface area contributed by atoms with Crippen LogP contribution in [0.4, 0.5) is 13.2 Å². The number of rotatable bonds is 7. The Balaban J connectivity index is 2.16. The number of amides is 1. The summed E-state index contributed by atoms with van der Waals surface area (Å²) >= 11 is 0. The summed E-state index contributed by atoms with van der Waals surface area (Å²) in [5.41, 5.74) is -2.27. The molecule has 0 spiro atoms. The highest BCUT2D eigenvalue weighted by molar-refractivity contribution is 5.92. The number of carboxylic acid groups (broad SMARTS) is 1. The highest BCUT2D eigenvalue weighted by Crippen LogP contribution is 2.28. The molecule has 0 radical (unpaired) electrons. The predicted octanol–water partition coefficient (Wildman–Crippen LogP) is 1.29. The average Bonchev–Trinajstić information content (AvgIpc) is 3.03. The molecular formula is C15H16F3N5O4. The minimum absolute atomic E-state index is 0.0275. The lowest BCUT2D eigenvalue weighted by atomic mass is 9.99. The molecule has 2 heterocycles. The van der Waals surface area contributed by atoms with E-state index in [-0.39, 0.29) is 24.5 Å². The van der Waals surface area contributed by atoms with Crippen molar-refractivity contribution in [3.05, 3.63) is 35.8 Å². The van der Waals surface area contributed by atoms with Gasteiger partial charge in [0.1, 0.15) is 0 Å². The lowest BCUT2D eigenvalue weighted by Crippen LogP contribution is -2.50. The van der Waals surface area contributed by atoms with Crippen molar-refractivity contribution in [3.8, 4) is 5.82 Å². The maximum Gasteiger partial charge on any atom is 0.417 e. The summed E-state index contributed by atoms with van der Waals surface area (Å²) in [5.74, 6) is -1.82. The first-order valence-electron chi connectivity index (χ1n) is 7.53. The number of ether oxygens (including phenoxy) is 1. The van der Waals surface area contributed by atoms with Crippen LogP contribution in [0.2, 0.25) is 0 Å². The van der Waals surface area contributed by atoms with Crippen molar-refractivity contribution < 1.29 is 32.6 Å². The Morgan fingerprint density at radius 1 is 1.33 bits per heavy atom. The smallest absolute Gasteiger partial charge is 0.417 e. The van der Waals surface area contributed by atoms with Crippen LogP contribution >= 0.6 is 0 Å². The summed E-state index contributed by atoms with van der Waals surface area (Å²) in [4.78, 5) is 26.9. The van der Waals surface area contributed by atoms with Gasteiger partial charge in [-0.15, -0.1) is 5.10 Å². The van der Waals surface area contributed by atoms with Crippen LogP contribution < -0.4 is 5.32 Å². The second-order valence-corrected chi connectivity index (χ2v) is 5.97. The van der Waals surface area contributed by atoms with Crippen LogP contribution in [0.15, 0.2) is 24.5 Å². The fraction of sp³-hybridized carbons (Fsp3) is 0.400. The van der Waals surface area contributed by atoms with Gasteiger partial charge in [-0.1, -0.05) is 5.21 Å². The number of methoxy groups -OCH3 is 1. The van der Waals surface area contributed by atoms with Crippen LogP contribution in [0.1, 0.15) is 29.4 Å². The van der Waals surface area contributed by atoms with Crippen LogP contribution in [-0.4, -0.2) is 56.2 Å². The van der Waals surface area contributed by atoms with E-state index >= 15 is 0 Å². The molecule has 0 fully saturated rings. The van der Waals surface area contributed by atoms with Gasteiger partial charge >= 0.3 is 12.1 Å². The highest BCUT2D eigenvalue weighted by Gasteiger charge is 2.32. The molecule has 12 heteroatoms. The molecule has 2 aromatic heterocycles. The van der Waals surface area contributed by atoms with Gasteiger partial charge in [-0.05, 0) is 19.1 Å². The highest BCUT2D eigenvalue weighted by atomic mass is 19.4. The number of hydrogen-bond acceptors (Lipinski definition) is 6. The number of aromatic nitrogens is 4. The number of carboxylic acids is 1. The van der Waals surface area contributed by atoms with Crippen LogP contribution in [0, 0.1) is 0 Å². The topological polar surface area (TPSA) is 119 Å². The normalized spacial score (nSPS) is 13.8. The first kappa shape index (κ1) is 20.3. The van der Waals surface area contributed by atoms with Gasteiger partial charge in [-0.3, -0.25) is 9.59 Å². The van der Waals surface area contributed by atoms with Gasteiger partial charge in [0, 0.05) is 13.3 Å². The Labute approximate surface area is 151 Å². The number of nitrogens with zero attached hydrogens (tertiary/aromatic N) is 4. The molecule has 0 saturated heterocycles. The Bertz CT molecular complexity index is 822. The second kappa shape index (κ2) is 7.70. The van der Waals surface area contributed by atoms with E-state index in [0.29, 0.717) is 6.20 Å². The molecule has 1 atom stereocenters. The maximum atomic E-state index is 12.6. The average molecular weight is 387 g/mol. The Morgan fingerprint density at radius 3 is 2.56 bits per heavy atom. The summed E-state index contributed by atoms with van der Waals surface area (Å²) in [5, 5.41) is 18.8. The first-order chi connectivity index (χ1) is 12.5. The monoisotopic (exact) mass is 387 g/mol. The third-order valence-electron chi connectivity index (χ3n) is 3.46. The molecule has 9 nitrogen and oxygen atoms in total. The molecule has 1 amide bonds. The standard InChI is InChI=1S/C15H16F3N5O4/c1-14(8-27-2,5-12(24)25)20-13(26)10-7-23(22-21-10)11-4-3-9(6-19-11)15(16,17)18/h3-4,6-7H,5,8H2,1-2H3,(H,20,26)(H,24,25). The number of carbonyl (C=O) groups is 2. The van der Waals surface area contributed by atoms with E-state index in [0.717, 1.165) is 16.8 Å². The number of hydrogen-bond donors (Lipinski definition) is 2. The summed E-state index contributed by atoms with van der Waals surface area (Å²) in [6.45, 7) is 1.43. The van der Waals surface area contributed by atoms with Crippen molar-refractivity contribution in [3.63, 3.8) is 0 Å². The van der Waals surface area contributed by atoms with E-state index in [4.69, 9.17) is 9.84 Å². The largest absolute Gasteiger partial charge is 0.481 e. The second-order valence-electron chi connectivity index (χ2n) is 5.97. The van der Waals surface area contributed by atoms with Gasteiger partial charge in [0.15, 0.2) is 11.5 Å². The van der Waals surface area contributed by atoms with Crippen LogP contribution in [0.25, 0.3) is 5.82 Å². The Kier molecular flexibility index (Phi) is 5.78. The summed E-state index contributed by atoms with van der Waals surface area (Å²) in [6, 6.07) is 1.91. The fourth-order valence-corrected chi connectivity index (χ4v) is 2.29. The lowest BCUT2D eigenvalue weighted by Gasteiger charge is -2.27. The third-order valence-corrected chi connectivity index (χ3v) is 3.46. The maximum absolute atomic E-state index is 12.6. The molecule has 2 aromatic rings. The van der Waals surface area contributed by atoms with E-state index in [1.807, 2.05) is 0 Å². The molecule has 0 saturated carbocycles. The number of nitrogens with one attached hydrogen (secondary N) is 1. The minimum Gasteiger partial charge on any atom is -0.481 e. The molecule has 146 valence electrons. The van der Waals surface area contributed by atoms with Crippen molar-refractivity contribution in [1.82, 2.24) is 25.3 Å². The zero-order chi connectivity index (χ0) is 20.2. The van der Waals surface area contributed by atoms with Crippen LogP contribution in [0.5, 0.6) is 0 Å². The number of alkyl halides is 3. The number of halogens is 3. The van der Waals surface area contributed by atoms with E-state index in [1.165, 1.54) is 20.2 Å². The molecule has 0 aliphatic heterocycles. The van der Waals surface area contributed by atoms with Gasteiger partial charge in [0.2, 0.25) is 0 Å². The molecule has 27 heavy (non-hydrogen) atoms. The molecule has 2 N–H and O–H groups in total. The predicted molar refractivity (Wildman–Crippen MR) is 84.2 cm³/mol. The minimum atomic E-state index is -4.52. The lowest BCUT2D eigenvalue weighted by molar-refractivity contribution is -0.139. The Morgan fingerprint density at radius 2 is 2.04 bits per heavy atom. The number of carbonyl (C=O) groups excluding carboxylic acids is 1. The fourth-order valence-electron chi connectivity index (χ4n) is 2.29. The quantitative estimate of drug-likeness (QED) is 0.735. The van der Waals surface area contributed by atoms with E-state index in [9.17, 15) is 22.8 Å². The SMILES string of the molecule is COCC(C)(CC(=O)O)NC(=O)c1cn(-c2ccc(C(F)(F)F)cn2)nn1. The van der Waals surface area contributed by atoms with Crippen molar-refractivity contribution in [2.24, 2.45) is 0 Å². The van der Waals surface area contributed by atoms with Crippen LogP contribution in [0.3, 0.4) is 0 Å². The van der Waals surface area contributed by atoms with Crippen LogP contribution in [-0.2, 0) is 15.7 Å². The van der Waals surface area contributed by atoms with E-state index in [2.05, 4.69) is 20.6 Å². The van der Waals surface area contributed by atoms with Crippen molar-refractivity contribution in [2.45, 2.75) is 25.1 Å². The van der Waals surface area contributed by atoms with Crippen molar-refractivity contribution >= 4 is 11.9 Å². The molecule has 1 unspecified atom stereocenters. The van der Waals surface area contributed by atoms with Crippen molar-refractivity contribution in [1.29, 1.82) is 0 Å². The summed E-state index contributed by atoms with van der Waals surface area (Å²) < 4.78 is 43.7. The third kappa shape index (κ3) is 5.23. The number of aliphatic carboxylic acids is 1. The molecular weight excluding hydrogens is 371 g/mol. The molecule has 0 bridgehead atoms. The van der Waals surface area contributed by atoms with Gasteiger partial charge < -0.3 is 15.2 Å². The summed E-state index contributed by atoms with van der Waals surface area (Å²) in [7, 11) is 1.36. The number of pyridine rings is 1. The van der Waals surface area contributed by atoms with Crippen molar-refractivity contribution in [2.75, 3.05) is 13.7 Å². The molecule has 0 aliphatic rings. The Hall–Kier alpha value is -3.02. The van der Waals surface area contributed by atoms with Gasteiger partial charge in [0.25, 0.3) is 5.91 Å². The zero-order valence-corrected chi connectivity index (χ0v) is 14.3. The molecule has 0 aliphatic carbocycles. The zero-order valence-electron chi connectivity index (χ0n) is 14.3. The van der Waals surface area contributed by atoms with Gasteiger partial charge in [-0.25, -0.2) is 9.67 Å². The first-order valence-corrected chi connectivity index (χ1v) is 7.53. The summed E-state index contributed by atoms with van der Waals surface area (Å²) in [6.07, 6.45) is -3.10. The molecule has 2 rings (SSSR count). The van der Waals surface area contributed by atoms with Gasteiger partial charge in [-0.2, -0.15) is 13.2 Å². The molecule has 0 aromatic carbocycles. The van der Waals surface area contributed by atoms with Gasteiger partial charge in [0.05, 0.1) is 30.3 Å². The van der Waals surface area contributed by atoms with E-state index in [1.54, 1.807) is 0 Å². The van der Waals surface area contributed by atoms with E-state index < -0.39 is 29.2 Å².